The van der Waals surface area contributed by atoms with E-state index in [2.05, 4.69) is 20.3 Å². The minimum atomic E-state index is -5.08. The minimum Gasteiger partial charge on any atom is -0.475 e. The molecule has 3 rings (SSSR count). The standard InChI is InChI=1S/C17H16N4O.C2HF3O2/c1-2-13(12-7-9-18-10-8-12)21-17(22)16-11-19-14-5-3-4-6-15(14)20-16;3-2(4,5)1(6)7/h3-11,13H,2H2,1H3,(H,21,22);(H,6,7). The van der Waals surface area contributed by atoms with Gasteiger partial charge in [-0.2, -0.15) is 13.2 Å². The van der Waals surface area contributed by atoms with Crippen LogP contribution in [0.1, 0.15) is 35.4 Å². The Morgan fingerprint density at radius 2 is 1.69 bits per heavy atom. The van der Waals surface area contributed by atoms with Crippen molar-refractivity contribution in [3.05, 3.63) is 66.2 Å². The summed E-state index contributed by atoms with van der Waals surface area (Å²) in [7, 11) is 0. The fourth-order valence-corrected chi connectivity index (χ4v) is 2.32. The van der Waals surface area contributed by atoms with E-state index in [0.29, 0.717) is 11.2 Å². The van der Waals surface area contributed by atoms with E-state index in [0.717, 1.165) is 17.5 Å². The number of hydrogen-bond acceptors (Lipinski definition) is 5. The first-order chi connectivity index (χ1) is 13.7. The molecule has 29 heavy (non-hydrogen) atoms. The number of carboxylic acids is 1. The van der Waals surface area contributed by atoms with Crippen LogP contribution in [0.25, 0.3) is 11.0 Å². The van der Waals surface area contributed by atoms with Crippen LogP contribution >= 0.6 is 0 Å². The molecule has 1 aromatic carbocycles. The van der Waals surface area contributed by atoms with Gasteiger partial charge in [-0.05, 0) is 36.2 Å². The number of para-hydroxylation sites is 2. The molecular formula is C19H17F3N4O3. The van der Waals surface area contributed by atoms with Gasteiger partial charge in [0.1, 0.15) is 5.69 Å². The van der Waals surface area contributed by atoms with E-state index in [1.165, 1.54) is 6.20 Å². The topological polar surface area (TPSA) is 105 Å². The fraction of sp³-hybridized carbons (Fsp3) is 0.211. The Kier molecular flexibility index (Phi) is 7.18. The molecule has 0 fully saturated rings. The summed E-state index contributed by atoms with van der Waals surface area (Å²) in [6.45, 7) is 2.03. The lowest BCUT2D eigenvalue weighted by Crippen LogP contribution is -2.29. The average molecular weight is 406 g/mol. The third-order valence-electron chi connectivity index (χ3n) is 3.75. The molecule has 0 radical (unpaired) electrons. The van der Waals surface area contributed by atoms with Gasteiger partial charge in [-0.15, -0.1) is 0 Å². The molecule has 2 heterocycles. The molecule has 7 nitrogen and oxygen atoms in total. The molecule has 0 saturated carbocycles. The van der Waals surface area contributed by atoms with E-state index in [1.54, 1.807) is 12.4 Å². The Labute approximate surface area is 163 Å². The first-order valence-electron chi connectivity index (χ1n) is 8.45. The summed E-state index contributed by atoms with van der Waals surface area (Å²) in [6, 6.07) is 11.2. The molecule has 1 amide bonds. The molecule has 152 valence electrons. The van der Waals surface area contributed by atoms with Gasteiger partial charge in [0.15, 0.2) is 0 Å². The van der Waals surface area contributed by atoms with E-state index < -0.39 is 12.1 Å². The molecule has 0 aliphatic carbocycles. The number of hydrogen-bond donors (Lipinski definition) is 2. The van der Waals surface area contributed by atoms with Gasteiger partial charge in [-0.1, -0.05) is 19.1 Å². The van der Waals surface area contributed by atoms with Gasteiger partial charge >= 0.3 is 12.1 Å². The summed E-state index contributed by atoms with van der Waals surface area (Å²) in [5.41, 5.74) is 2.85. The molecule has 0 aliphatic rings. The molecule has 0 spiro atoms. The monoisotopic (exact) mass is 406 g/mol. The van der Waals surface area contributed by atoms with Crippen molar-refractivity contribution >= 4 is 22.9 Å². The van der Waals surface area contributed by atoms with Crippen LogP contribution in [0.15, 0.2) is 55.0 Å². The van der Waals surface area contributed by atoms with Crippen LogP contribution in [0.4, 0.5) is 13.2 Å². The number of nitrogens with one attached hydrogen (secondary N) is 1. The first kappa shape index (κ1) is 21.7. The van der Waals surface area contributed by atoms with Crippen molar-refractivity contribution in [2.24, 2.45) is 0 Å². The second-order valence-corrected chi connectivity index (χ2v) is 5.76. The van der Waals surface area contributed by atoms with Crippen LogP contribution in [-0.2, 0) is 4.79 Å². The second-order valence-electron chi connectivity index (χ2n) is 5.76. The van der Waals surface area contributed by atoms with Crippen LogP contribution < -0.4 is 5.32 Å². The molecule has 2 aromatic heterocycles. The van der Waals surface area contributed by atoms with E-state index in [1.807, 2.05) is 43.3 Å². The Balaban J connectivity index is 0.000000370. The Hall–Kier alpha value is -3.56. The summed E-state index contributed by atoms with van der Waals surface area (Å²) >= 11 is 0. The van der Waals surface area contributed by atoms with Crippen molar-refractivity contribution in [2.75, 3.05) is 0 Å². The van der Waals surface area contributed by atoms with Gasteiger partial charge < -0.3 is 10.4 Å². The van der Waals surface area contributed by atoms with Crippen molar-refractivity contribution in [3.8, 4) is 0 Å². The van der Waals surface area contributed by atoms with Crippen LogP contribution in [0.5, 0.6) is 0 Å². The van der Waals surface area contributed by atoms with Gasteiger partial charge in [-0.3, -0.25) is 14.8 Å². The Bertz CT molecular complexity index is 981. The van der Waals surface area contributed by atoms with E-state index in [9.17, 15) is 18.0 Å². The maximum absolute atomic E-state index is 12.4. The predicted molar refractivity (Wildman–Crippen MR) is 98.0 cm³/mol. The maximum atomic E-state index is 12.4. The quantitative estimate of drug-likeness (QED) is 0.687. The second kappa shape index (κ2) is 9.58. The van der Waals surface area contributed by atoms with E-state index in [4.69, 9.17) is 9.90 Å². The van der Waals surface area contributed by atoms with Crippen LogP contribution in [0.3, 0.4) is 0 Å². The number of nitrogens with zero attached hydrogens (tertiary/aromatic N) is 3. The molecule has 0 bridgehead atoms. The van der Waals surface area contributed by atoms with Crippen LogP contribution in [0, 0.1) is 0 Å². The number of carbonyl (C=O) groups excluding carboxylic acids is 1. The molecular weight excluding hydrogens is 389 g/mol. The smallest absolute Gasteiger partial charge is 0.475 e. The van der Waals surface area contributed by atoms with Crippen molar-refractivity contribution in [1.82, 2.24) is 20.3 Å². The summed E-state index contributed by atoms with van der Waals surface area (Å²) in [6.07, 6.45) is 0.660. The minimum absolute atomic E-state index is 0.0660. The van der Waals surface area contributed by atoms with Crippen LogP contribution in [0.2, 0.25) is 0 Å². The molecule has 10 heteroatoms. The van der Waals surface area contributed by atoms with Gasteiger partial charge in [0.25, 0.3) is 5.91 Å². The predicted octanol–water partition coefficient (Wildman–Crippen LogP) is 3.54. The average Bonchev–Trinajstić information content (AvgIpc) is 2.72. The molecule has 0 saturated heterocycles. The number of amides is 1. The number of pyridine rings is 1. The number of carbonyl (C=O) groups is 2. The highest BCUT2D eigenvalue weighted by molar-refractivity contribution is 5.94. The number of aliphatic carboxylic acids is 1. The summed E-state index contributed by atoms with van der Waals surface area (Å²) in [5.74, 6) is -2.98. The van der Waals surface area contributed by atoms with Crippen LogP contribution in [-0.4, -0.2) is 38.1 Å². The highest BCUT2D eigenvalue weighted by atomic mass is 19.4. The normalized spacial score (nSPS) is 11.9. The van der Waals surface area contributed by atoms with Crippen molar-refractivity contribution < 1.29 is 27.9 Å². The zero-order valence-electron chi connectivity index (χ0n) is 15.2. The lowest BCUT2D eigenvalue weighted by molar-refractivity contribution is -0.192. The summed E-state index contributed by atoms with van der Waals surface area (Å²) < 4.78 is 31.7. The lowest BCUT2D eigenvalue weighted by atomic mass is 10.1. The highest BCUT2D eigenvalue weighted by Gasteiger charge is 2.38. The molecule has 3 aromatic rings. The van der Waals surface area contributed by atoms with Gasteiger partial charge in [0.05, 0.1) is 23.3 Å². The number of aromatic nitrogens is 3. The Morgan fingerprint density at radius 3 is 2.24 bits per heavy atom. The molecule has 2 N–H and O–H groups in total. The zero-order chi connectivity index (χ0) is 21.4. The van der Waals surface area contributed by atoms with Gasteiger partial charge in [-0.25, -0.2) is 9.78 Å². The number of benzene rings is 1. The zero-order valence-corrected chi connectivity index (χ0v) is 15.2. The number of fused-ring (bicyclic) bond motifs is 1. The van der Waals surface area contributed by atoms with Gasteiger partial charge in [0, 0.05) is 12.4 Å². The third-order valence-corrected chi connectivity index (χ3v) is 3.75. The van der Waals surface area contributed by atoms with Crippen molar-refractivity contribution in [2.45, 2.75) is 25.6 Å². The van der Waals surface area contributed by atoms with E-state index in [-0.39, 0.29) is 11.9 Å². The van der Waals surface area contributed by atoms with E-state index >= 15 is 0 Å². The SMILES string of the molecule is CCC(NC(=O)c1cnc2ccccc2n1)c1ccncc1.O=C(O)C(F)(F)F. The number of rotatable bonds is 4. The highest BCUT2D eigenvalue weighted by Crippen LogP contribution is 2.16. The molecule has 0 aliphatic heterocycles. The fourth-order valence-electron chi connectivity index (χ4n) is 2.32. The molecule has 1 atom stereocenters. The molecule has 1 unspecified atom stereocenters. The van der Waals surface area contributed by atoms with Crippen molar-refractivity contribution in [1.29, 1.82) is 0 Å². The van der Waals surface area contributed by atoms with Crippen molar-refractivity contribution in [3.63, 3.8) is 0 Å². The Morgan fingerprint density at radius 1 is 1.10 bits per heavy atom. The maximum Gasteiger partial charge on any atom is 0.490 e. The largest absolute Gasteiger partial charge is 0.490 e. The summed E-state index contributed by atoms with van der Waals surface area (Å²) in [4.78, 5) is 33.9. The van der Waals surface area contributed by atoms with Gasteiger partial charge in [0.2, 0.25) is 0 Å². The number of halogens is 3. The third kappa shape index (κ3) is 6.23. The summed E-state index contributed by atoms with van der Waals surface area (Å²) in [5, 5.41) is 10.1. The first-order valence-corrected chi connectivity index (χ1v) is 8.45. The number of alkyl halides is 3. The lowest BCUT2D eigenvalue weighted by Gasteiger charge is -2.16. The number of carboxylic acid groups (broad SMARTS) is 1.